The molecular formula is C64H41N3S. The molecule has 0 N–H and O–H groups in total. The number of aromatic nitrogens is 3. The summed E-state index contributed by atoms with van der Waals surface area (Å²) in [6.45, 7) is 0. The molecule has 0 saturated carbocycles. The Balaban J connectivity index is 0.850. The molecule has 3 heterocycles. The van der Waals surface area contributed by atoms with E-state index in [1.54, 1.807) is 11.3 Å². The summed E-state index contributed by atoms with van der Waals surface area (Å²) in [6.07, 6.45) is 0.892. The van der Waals surface area contributed by atoms with Gasteiger partial charge in [-0.1, -0.05) is 200 Å². The molecule has 4 heteroatoms. The molecule has 3 nitrogen and oxygen atoms in total. The minimum Gasteiger partial charge on any atom is -0.247 e. The van der Waals surface area contributed by atoms with Crippen molar-refractivity contribution in [3.63, 3.8) is 0 Å². The number of rotatable bonds is 8. The van der Waals surface area contributed by atoms with E-state index < -0.39 is 0 Å². The van der Waals surface area contributed by atoms with Crippen LogP contribution in [0, 0.1) is 0 Å². The Hall–Kier alpha value is -8.57. The third-order valence-corrected chi connectivity index (χ3v) is 14.4. The first-order valence-electron chi connectivity index (χ1n) is 23.1. The van der Waals surface area contributed by atoms with Gasteiger partial charge in [-0.05, 0) is 104 Å². The van der Waals surface area contributed by atoms with E-state index in [0.29, 0.717) is 0 Å². The molecule has 0 atom stereocenters. The van der Waals surface area contributed by atoms with Crippen molar-refractivity contribution in [3.05, 3.63) is 248 Å². The maximum atomic E-state index is 5.51. The Morgan fingerprint density at radius 1 is 0.324 bits per heavy atom. The molecule has 0 bridgehead atoms. The molecule has 3 aromatic heterocycles. The lowest BCUT2D eigenvalue weighted by molar-refractivity contribution is 1.23. The molecule has 318 valence electrons. The van der Waals surface area contributed by atoms with Gasteiger partial charge in [0.1, 0.15) is 4.83 Å². The summed E-state index contributed by atoms with van der Waals surface area (Å²) < 4.78 is 1.21. The molecule has 0 radical (unpaired) electrons. The van der Waals surface area contributed by atoms with Crippen molar-refractivity contribution < 1.29 is 0 Å². The normalized spacial score (nSPS) is 11.8. The number of hydrogen-bond donors (Lipinski definition) is 0. The molecule has 0 aliphatic heterocycles. The maximum absolute atomic E-state index is 5.51. The van der Waals surface area contributed by atoms with Crippen LogP contribution in [0.5, 0.6) is 0 Å². The second kappa shape index (κ2) is 16.7. The number of nitrogens with zero attached hydrogens (tertiary/aromatic N) is 3. The van der Waals surface area contributed by atoms with Crippen LogP contribution in [0.25, 0.3) is 121 Å². The van der Waals surface area contributed by atoms with E-state index in [0.717, 1.165) is 89.6 Å². The first-order chi connectivity index (χ1) is 33.7. The molecule has 0 spiro atoms. The highest BCUT2D eigenvalue weighted by Gasteiger charge is 2.25. The molecule has 12 aromatic rings. The number of thiophene rings is 1. The predicted octanol–water partition coefficient (Wildman–Crippen LogP) is 17.1. The van der Waals surface area contributed by atoms with Crippen molar-refractivity contribution >= 4 is 31.6 Å². The number of hydrogen-bond acceptors (Lipinski definition) is 4. The van der Waals surface area contributed by atoms with Crippen LogP contribution in [0.15, 0.2) is 237 Å². The van der Waals surface area contributed by atoms with Crippen LogP contribution in [0.2, 0.25) is 0 Å². The zero-order chi connectivity index (χ0) is 45.0. The molecule has 1 aliphatic rings. The number of pyridine rings is 1. The van der Waals surface area contributed by atoms with Crippen LogP contribution < -0.4 is 0 Å². The zero-order valence-corrected chi connectivity index (χ0v) is 37.8. The summed E-state index contributed by atoms with van der Waals surface area (Å²) in [7, 11) is 0. The van der Waals surface area contributed by atoms with Gasteiger partial charge in [0.15, 0.2) is 5.82 Å². The Morgan fingerprint density at radius 3 is 1.53 bits per heavy atom. The molecule has 68 heavy (non-hydrogen) atoms. The van der Waals surface area contributed by atoms with Gasteiger partial charge in [-0.25, -0.2) is 15.0 Å². The summed E-state index contributed by atoms with van der Waals surface area (Å²) in [6, 6.07) is 84.8. The largest absolute Gasteiger partial charge is 0.247 e. The van der Waals surface area contributed by atoms with Gasteiger partial charge in [0.25, 0.3) is 0 Å². The van der Waals surface area contributed by atoms with E-state index in [4.69, 9.17) is 15.0 Å². The quantitative estimate of drug-likeness (QED) is 0.153. The lowest BCUT2D eigenvalue weighted by Crippen LogP contribution is -1.95. The minimum atomic E-state index is 0.726. The smallest absolute Gasteiger partial charge is 0.161 e. The Labute approximate surface area is 399 Å². The van der Waals surface area contributed by atoms with E-state index in [-0.39, 0.29) is 0 Å². The fourth-order valence-electron chi connectivity index (χ4n) is 9.98. The maximum Gasteiger partial charge on any atom is 0.161 e. The molecule has 13 rings (SSSR count). The monoisotopic (exact) mass is 883 g/mol. The molecule has 0 saturated heterocycles. The average molecular weight is 884 g/mol. The summed E-state index contributed by atoms with van der Waals surface area (Å²) in [5, 5.41) is 2.28. The lowest BCUT2D eigenvalue weighted by Gasteiger charge is -2.14. The number of benzene rings is 9. The van der Waals surface area contributed by atoms with Crippen LogP contribution in [-0.4, -0.2) is 15.0 Å². The summed E-state index contributed by atoms with van der Waals surface area (Å²) in [5.41, 5.74) is 21.7. The van der Waals surface area contributed by atoms with Crippen LogP contribution in [0.1, 0.15) is 11.1 Å². The van der Waals surface area contributed by atoms with Crippen molar-refractivity contribution in [2.75, 3.05) is 0 Å². The molecular weight excluding hydrogens is 843 g/mol. The van der Waals surface area contributed by atoms with Gasteiger partial charge >= 0.3 is 0 Å². The lowest BCUT2D eigenvalue weighted by atomic mass is 9.94. The van der Waals surface area contributed by atoms with E-state index in [2.05, 4.69) is 231 Å². The van der Waals surface area contributed by atoms with Gasteiger partial charge < -0.3 is 0 Å². The molecule has 0 unspecified atom stereocenters. The van der Waals surface area contributed by atoms with Gasteiger partial charge in [0, 0.05) is 43.3 Å². The van der Waals surface area contributed by atoms with Gasteiger partial charge in [0.2, 0.25) is 0 Å². The van der Waals surface area contributed by atoms with Gasteiger partial charge in [-0.2, -0.15) is 0 Å². The predicted molar refractivity (Wildman–Crippen MR) is 284 cm³/mol. The van der Waals surface area contributed by atoms with E-state index >= 15 is 0 Å². The first-order valence-corrected chi connectivity index (χ1v) is 23.9. The standard InChI is InChI=1S/C64H41N3S/c1-3-15-41(16-4-1)46-21-13-26-52(37-46)62-59-54(39-50-19-7-8-28-55(50)59)40-57(65-62)51-25-12-24-49(36-51)48-23-11-20-45(35-48)43-31-33-44(34-32-43)61-60-56-29-9-10-30-58(56)68-64(60)67-63(66-61)53-27-14-22-47(38-53)42-17-5-2-6-18-42/h1-38,40H,39H2. The van der Waals surface area contributed by atoms with Crippen molar-refractivity contribution in [2.45, 2.75) is 6.42 Å². The number of fused-ring (bicyclic) bond motifs is 6. The Bertz CT molecular complexity index is 3870. The highest BCUT2D eigenvalue weighted by Crippen LogP contribution is 2.45. The summed E-state index contributed by atoms with van der Waals surface area (Å²) >= 11 is 1.73. The van der Waals surface area contributed by atoms with Gasteiger partial charge in [-0.3, -0.25) is 0 Å². The van der Waals surface area contributed by atoms with Crippen LogP contribution in [0.4, 0.5) is 0 Å². The Morgan fingerprint density at radius 2 is 0.824 bits per heavy atom. The second-order valence-corrected chi connectivity index (χ2v) is 18.6. The fourth-order valence-corrected chi connectivity index (χ4v) is 11.1. The van der Waals surface area contributed by atoms with Crippen LogP contribution in [0.3, 0.4) is 0 Å². The molecule has 1 aliphatic carbocycles. The van der Waals surface area contributed by atoms with E-state index in [1.165, 1.54) is 49.0 Å². The van der Waals surface area contributed by atoms with E-state index in [1.807, 2.05) is 6.07 Å². The summed E-state index contributed by atoms with van der Waals surface area (Å²) in [4.78, 5) is 17.0. The zero-order valence-electron chi connectivity index (χ0n) is 37.0. The molecule has 9 aromatic carbocycles. The second-order valence-electron chi connectivity index (χ2n) is 17.5. The average Bonchev–Trinajstić information content (AvgIpc) is 4.00. The van der Waals surface area contributed by atoms with Crippen molar-refractivity contribution in [2.24, 2.45) is 0 Å². The third kappa shape index (κ3) is 7.19. The van der Waals surface area contributed by atoms with Gasteiger partial charge in [-0.15, -0.1) is 11.3 Å². The highest BCUT2D eigenvalue weighted by molar-refractivity contribution is 7.25. The molecule has 0 amide bonds. The third-order valence-electron chi connectivity index (χ3n) is 13.3. The first kappa shape index (κ1) is 39.8. The fraction of sp³-hybridized carbons (Fsp3) is 0.0156. The van der Waals surface area contributed by atoms with Crippen molar-refractivity contribution in [3.8, 4) is 101 Å². The van der Waals surface area contributed by atoms with Crippen LogP contribution in [-0.2, 0) is 6.42 Å². The molecule has 0 fully saturated rings. The highest BCUT2D eigenvalue weighted by atomic mass is 32.1. The van der Waals surface area contributed by atoms with Gasteiger partial charge in [0.05, 0.1) is 17.1 Å². The van der Waals surface area contributed by atoms with Crippen molar-refractivity contribution in [1.29, 1.82) is 0 Å². The Kier molecular flexibility index (Phi) is 9.76. The minimum absolute atomic E-state index is 0.726. The van der Waals surface area contributed by atoms with E-state index in [9.17, 15) is 0 Å². The van der Waals surface area contributed by atoms with Crippen LogP contribution >= 0.6 is 11.3 Å². The SMILES string of the molecule is c1ccc(-c2cccc(-c3nc(-c4ccc(-c5cccc(-c6cccc(-c7cc8c(c(-c9cccc(-c%10ccccc%10)c9)n7)-c7ccccc7C8)c6)c5)cc4)c4c(n3)sc3ccccc34)c2)cc1. The van der Waals surface area contributed by atoms with Crippen molar-refractivity contribution in [1.82, 2.24) is 15.0 Å². The summed E-state index contributed by atoms with van der Waals surface area (Å²) in [5.74, 6) is 0.726. The topological polar surface area (TPSA) is 38.7 Å².